The van der Waals surface area contributed by atoms with E-state index in [-0.39, 0.29) is 0 Å². The van der Waals surface area contributed by atoms with Crippen molar-refractivity contribution in [3.05, 3.63) is 59.9 Å². The lowest BCUT2D eigenvalue weighted by atomic mass is 9.99. The molecular weight excluding hydrogens is 246 g/mol. The van der Waals surface area contributed by atoms with Gasteiger partial charge in [0.05, 0.1) is 0 Å². The van der Waals surface area contributed by atoms with Crippen LogP contribution < -0.4 is 11.1 Å². The van der Waals surface area contributed by atoms with E-state index in [4.69, 9.17) is 5.73 Å². The van der Waals surface area contributed by atoms with Gasteiger partial charge in [-0.1, -0.05) is 37.3 Å². The van der Waals surface area contributed by atoms with Crippen LogP contribution >= 0.6 is 0 Å². The highest BCUT2D eigenvalue weighted by Crippen LogP contribution is 2.14. The Morgan fingerprint density at radius 2 is 1.95 bits per heavy atom. The number of aromatic nitrogens is 1. The zero-order valence-electron chi connectivity index (χ0n) is 12.0. The topological polar surface area (TPSA) is 50.9 Å². The molecule has 0 fully saturated rings. The van der Waals surface area contributed by atoms with Crippen molar-refractivity contribution in [3.63, 3.8) is 0 Å². The third-order valence-corrected chi connectivity index (χ3v) is 3.42. The van der Waals surface area contributed by atoms with Gasteiger partial charge in [0.2, 0.25) is 0 Å². The minimum Gasteiger partial charge on any atom is -0.398 e. The number of benzene rings is 1. The van der Waals surface area contributed by atoms with Crippen molar-refractivity contribution in [1.82, 2.24) is 10.3 Å². The highest BCUT2D eigenvalue weighted by atomic mass is 14.9. The maximum Gasteiger partial charge on any atom is 0.0378 e. The summed E-state index contributed by atoms with van der Waals surface area (Å²) >= 11 is 0. The van der Waals surface area contributed by atoms with Gasteiger partial charge in [0.1, 0.15) is 0 Å². The normalized spacial score (nSPS) is 12.2. The lowest BCUT2D eigenvalue weighted by molar-refractivity contribution is 0.505. The third kappa shape index (κ3) is 4.35. The van der Waals surface area contributed by atoms with Crippen molar-refractivity contribution in [2.75, 3.05) is 12.3 Å². The van der Waals surface area contributed by atoms with Crippen molar-refractivity contribution in [2.45, 2.75) is 32.2 Å². The maximum absolute atomic E-state index is 6.02. The van der Waals surface area contributed by atoms with E-state index in [1.165, 1.54) is 5.56 Å². The second-order valence-corrected chi connectivity index (χ2v) is 5.12. The van der Waals surface area contributed by atoms with E-state index in [2.05, 4.69) is 47.6 Å². The van der Waals surface area contributed by atoms with Gasteiger partial charge in [-0.3, -0.25) is 4.98 Å². The van der Waals surface area contributed by atoms with Crippen LogP contribution in [0.4, 0.5) is 5.69 Å². The number of rotatable bonds is 7. The fourth-order valence-electron chi connectivity index (χ4n) is 2.34. The van der Waals surface area contributed by atoms with Gasteiger partial charge in [-0.05, 0) is 43.0 Å². The Labute approximate surface area is 121 Å². The number of pyridine rings is 1. The number of nitrogens with one attached hydrogen (secondary N) is 1. The number of nitrogens with zero attached hydrogens (tertiary/aromatic N) is 1. The third-order valence-electron chi connectivity index (χ3n) is 3.42. The molecule has 1 aromatic heterocycles. The molecule has 0 aliphatic rings. The van der Waals surface area contributed by atoms with Crippen LogP contribution in [0.1, 0.15) is 24.5 Å². The van der Waals surface area contributed by atoms with E-state index in [1.807, 2.05) is 12.3 Å². The van der Waals surface area contributed by atoms with Crippen molar-refractivity contribution >= 4 is 5.69 Å². The largest absolute Gasteiger partial charge is 0.398 e. The van der Waals surface area contributed by atoms with E-state index >= 15 is 0 Å². The standard InChI is InChI=1S/C17H23N3/c1-2-9-20-16(11-14-6-4-3-5-7-14)12-15-13-19-10-8-17(15)18/h3-8,10,13,16,20H,2,9,11-12H2,1H3,(H2,18,19). The number of nitrogen functional groups attached to an aromatic ring is 1. The Kier molecular flexibility index (Phi) is 5.56. The number of nitrogens with two attached hydrogens (primary N) is 1. The van der Waals surface area contributed by atoms with E-state index in [1.54, 1.807) is 6.20 Å². The van der Waals surface area contributed by atoms with Crippen LogP contribution in [0.2, 0.25) is 0 Å². The second kappa shape index (κ2) is 7.65. The fourth-order valence-corrected chi connectivity index (χ4v) is 2.34. The molecule has 20 heavy (non-hydrogen) atoms. The van der Waals surface area contributed by atoms with Gasteiger partial charge >= 0.3 is 0 Å². The first-order chi connectivity index (χ1) is 9.79. The van der Waals surface area contributed by atoms with E-state index in [0.717, 1.165) is 37.1 Å². The van der Waals surface area contributed by atoms with Gasteiger partial charge in [0, 0.05) is 24.1 Å². The molecule has 2 aromatic rings. The monoisotopic (exact) mass is 269 g/mol. The smallest absolute Gasteiger partial charge is 0.0378 e. The molecule has 2 rings (SSSR count). The zero-order chi connectivity index (χ0) is 14.2. The van der Waals surface area contributed by atoms with Gasteiger partial charge in [0.15, 0.2) is 0 Å². The Hall–Kier alpha value is -1.87. The predicted octanol–water partition coefficient (Wildman–Crippen LogP) is 2.82. The van der Waals surface area contributed by atoms with Crippen molar-refractivity contribution in [3.8, 4) is 0 Å². The minimum atomic E-state index is 0.392. The minimum absolute atomic E-state index is 0.392. The van der Waals surface area contributed by atoms with Crippen molar-refractivity contribution < 1.29 is 0 Å². The Morgan fingerprint density at radius 1 is 1.15 bits per heavy atom. The number of hydrogen-bond donors (Lipinski definition) is 2. The molecule has 0 aliphatic heterocycles. The van der Waals surface area contributed by atoms with Crippen LogP contribution in [0, 0.1) is 0 Å². The molecule has 0 saturated carbocycles. The van der Waals surface area contributed by atoms with Gasteiger partial charge in [-0.25, -0.2) is 0 Å². The maximum atomic E-state index is 6.02. The molecule has 3 nitrogen and oxygen atoms in total. The van der Waals surface area contributed by atoms with Crippen LogP contribution in [0.3, 0.4) is 0 Å². The highest BCUT2D eigenvalue weighted by Gasteiger charge is 2.11. The van der Waals surface area contributed by atoms with Crippen molar-refractivity contribution in [1.29, 1.82) is 0 Å². The summed E-state index contributed by atoms with van der Waals surface area (Å²) in [7, 11) is 0. The first-order valence-corrected chi connectivity index (χ1v) is 7.25. The van der Waals surface area contributed by atoms with Gasteiger partial charge in [-0.2, -0.15) is 0 Å². The quantitative estimate of drug-likeness (QED) is 0.812. The molecule has 3 N–H and O–H groups in total. The first kappa shape index (κ1) is 14.5. The lowest BCUT2D eigenvalue weighted by Crippen LogP contribution is -2.34. The molecule has 3 heteroatoms. The van der Waals surface area contributed by atoms with E-state index in [0.29, 0.717) is 6.04 Å². The summed E-state index contributed by atoms with van der Waals surface area (Å²) < 4.78 is 0. The molecular formula is C17H23N3. The van der Waals surface area contributed by atoms with E-state index in [9.17, 15) is 0 Å². The predicted molar refractivity (Wildman–Crippen MR) is 84.6 cm³/mol. The summed E-state index contributed by atoms with van der Waals surface area (Å²) in [6, 6.07) is 12.8. The van der Waals surface area contributed by atoms with Crippen LogP contribution in [-0.2, 0) is 12.8 Å². The van der Waals surface area contributed by atoms with Crippen LogP contribution in [0.5, 0.6) is 0 Å². The van der Waals surface area contributed by atoms with Crippen molar-refractivity contribution in [2.24, 2.45) is 0 Å². The first-order valence-electron chi connectivity index (χ1n) is 7.25. The molecule has 1 unspecified atom stereocenters. The lowest BCUT2D eigenvalue weighted by Gasteiger charge is -2.19. The summed E-state index contributed by atoms with van der Waals surface area (Å²) in [5.41, 5.74) is 9.33. The van der Waals surface area contributed by atoms with Gasteiger partial charge in [0.25, 0.3) is 0 Å². The molecule has 0 spiro atoms. The highest BCUT2D eigenvalue weighted by molar-refractivity contribution is 5.44. The molecule has 0 bridgehead atoms. The number of anilines is 1. The molecule has 106 valence electrons. The summed E-state index contributed by atoms with van der Waals surface area (Å²) in [6.45, 7) is 3.21. The summed E-state index contributed by atoms with van der Waals surface area (Å²) in [6.07, 6.45) is 6.67. The van der Waals surface area contributed by atoms with E-state index < -0.39 is 0 Å². The van der Waals surface area contributed by atoms with Gasteiger partial charge in [-0.15, -0.1) is 0 Å². The van der Waals surface area contributed by atoms with Crippen LogP contribution in [0.25, 0.3) is 0 Å². The summed E-state index contributed by atoms with van der Waals surface area (Å²) in [4.78, 5) is 4.18. The zero-order valence-corrected chi connectivity index (χ0v) is 12.0. The molecule has 0 saturated heterocycles. The molecule has 0 amide bonds. The average molecular weight is 269 g/mol. The Morgan fingerprint density at radius 3 is 2.65 bits per heavy atom. The summed E-state index contributed by atoms with van der Waals surface area (Å²) in [5.74, 6) is 0. The molecule has 1 aromatic carbocycles. The Bertz CT molecular complexity index is 511. The second-order valence-electron chi connectivity index (χ2n) is 5.12. The average Bonchev–Trinajstić information content (AvgIpc) is 2.48. The molecule has 1 heterocycles. The Balaban J connectivity index is 2.05. The fraction of sp³-hybridized carbons (Fsp3) is 0.353. The molecule has 1 atom stereocenters. The van der Waals surface area contributed by atoms with Gasteiger partial charge < -0.3 is 11.1 Å². The summed E-state index contributed by atoms with van der Waals surface area (Å²) in [5, 5.41) is 3.61. The number of hydrogen-bond acceptors (Lipinski definition) is 3. The SMILES string of the molecule is CCCNC(Cc1ccccc1)Cc1cnccc1N. The molecule has 0 radical (unpaired) electrons. The van der Waals surface area contributed by atoms with Crippen LogP contribution in [-0.4, -0.2) is 17.6 Å². The molecule has 0 aliphatic carbocycles. The van der Waals surface area contributed by atoms with Crippen LogP contribution in [0.15, 0.2) is 48.8 Å².